The van der Waals surface area contributed by atoms with Crippen molar-refractivity contribution in [1.82, 2.24) is 10.6 Å². The molecule has 0 aromatic rings. The van der Waals surface area contributed by atoms with Crippen molar-refractivity contribution in [3.05, 3.63) is 0 Å². The second-order valence-corrected chi connectivity index (χ2v) is 4.99. The van der Waals surface area contributed by atoms with E-state index in [1.807, 2.05) is 0 Å². The Morgan fingerprint density at radius 3 is 2.62 bits per heavy atom. The number of amides is 1. The summed E-state index contributed by atoms with van der Waals surface area (Å²) in [4.78, 5) is 11.9. The lowest BCUT2D eigenvalue weighted by atomic mass is 9.98. The third-order valence-electron chi connectivity index (χ3n) is 3.68. The molecule has 2 rings (SSSR count). The van der Waals surface area contributed by atoms with Crippen LogP contribution >= 0.6 is 0 Å². The van der Waals surface area contributed by atoms with E-state index < -0.39 is 11.6 Å². The Hall–Kier alpha value is -0.650. The predicted octanol–water partition coefficient (Wildman–Crippen LogP) is -0.870. The quantitative estimate of drug-likeness (QED) is 0.506. The first-order chi connectivity index (χ1) is 7.65. The second kappa shape index (κ2) is 4.69. The van der Waals surface area contributed by atoms with Gasteiger partial charge in [-0.25, -0.2) is 0 Å². The molecule has 4 N–H and O–H groups in total. The summed E-state index contributed by atoms with van der Waals surface area (Å²) in [5, 5.41) is 24.6. The van der Waals surface area contributed by atoms with Gasteiger partial charge >= 0.3 is 0 Å². The van der Waals surface area contributed by atoms with Crippen LogP contribution < -0.4 is 10.6 Å². The molecule has 1 saturated carbocycles. The minimum Gasteiger partial charge on any atom is -0.394 e. The smallest absolute Gasteiger partial charge is 0.237 e. The summed E-state index contributed by atoms with van der Waals surface area (Å²) >= 11 is 0. The third-order valence-corrected chi connectivity index (χ3v) is 3.68. The zero-order chi connectivity index (χ0) is 11.6. The zero-order valence-electron chi connectivity index (χ0n) is 9.41. The summed E-state index contributed by atoms with van der Waals surface area (Å²) in [6, 6.07) is -0.306. The summed E-state index contributed by atoms with van der Waals surface area (Å²) in [6.07, 6.45) is 3.86. The number of nitrogens with one attached hydrogen (secondary N) is 2. The maximum Gasteiger partial charge on any atom is 0.237 e. The van der Waals surface area contributed by atoms with Gasteiger partial charge in [0, 0.05) is 6.54 Å². The van der Waals surface area contributed by atoms with E-state index in [0.29, 0.717) is 13.0 Å². The van der Waals surface area contributed by atoms with Gasteiger partial charge in [-0.1, -0.05) is 12.8 Å². The van der Waals surface area contributed by atoms with E-state index in [-0.39, 0.29) is 18.6 Å². The van der Waals surface area contributed by atoms with E-state index in [0.717, 1.165) is 25.7 Å². The van der Waals surface area contributed by atoms with Crippen LogP contribution in [0.15, 0.2) is 0 Å². The summed E-state index contributed by atoms with van der Waals surface area (Å²) in [5.74, 6) is -0.0903. The van der Waals surface area contributed by atoms with Crippen molar-refractivity contribution < 1.29 is 15.0 Å². The van der Waals surface area contributed by atoms with Crippen LogP contribution in [0.2, 0.25) is 0 Å². The predicted molar refractivity (Wildman–Crippen MR) is 58.8 cm³/mol. The van der Waals surface area contributed by atoms with Crippen molar-refractivity contribution in [2.45, 2.75) is 49.8 Å². The summed E-state index contributed by atoms with van der Waals surface area (Å²) < 4.78 is 0. The first-order valence-electron chi connectivity index (χ1n) is 5.99. The number of carbonyl (C=O) groups is 1. The minimum absolute atomic E-state index is 0.00795. The topological polar surface area (TPSA) is 81.6 Å². The third kappa shape index (κ3) is 2.36. The molecular weight excluding hydrogens is 208 g/mol. The van der Waals surface area contributed by atoms with E-state index in [1.165, 1.54) is 0 Å². The Labute approximate surface area is 95.2 Å². The van der Waals surface area contributed by atoms with Gasteiger partial charge in [-0.15, -0.1) is 0 Å². The Kier molecular flexibility index (Phi) is 3.47. The highest BCUT2D eigenvalue weighted by molar-refractivity contribution is 5.83. The van der Waals surface area contributed by atoms with Crippen molar-refractivity contribution in [1.29, 1.82) is 0 Å². The molecule has 1 amide bonds. The molecule has 2 atom stereocenters. The van der Waals surface area contributed by atoms with E-state index in [4.69, 9.17) is 0 Å². The van der Waals surface area contributed by atoms with Crippen LogP contribution in [-0.4, -0.2) is 47.0 Å². The molecular formula is C11H20N2O3. The fourth-order valence-electron chi connectivity index (χ4n) is 2.64. The minimum atomic E-state index is -0.426. The Morgan fingerprint density at radius 2 is 2.12 bits per heavy atom. The van der Waals surface area contributed by atoms with E-state index in [1.54, 1.807) is 0 Å². The van der Waals surface area contributed by atoms with E-state index in [9.17, 15) is 15.0 Å². The number of carbonyl (C=O) groups excluding carboxylic acids is 1. The maximum atomic E-state index is 11.9. The maximum absolute atomic E-state index is 11.9. The highest BCUT2D eigenvalue weighted by Crippen LogP contribution is 2.29. The van der Waals surface area contributed by atoms with Crippen LogP contribution in [0.25, 0.3) is 0 Å². The van der Waals surface area contributed by atoms with E-state index in [2.05, 4.69) is 10.6 Å². The van der Waals surface area contributed by atoms with Crippen molar-refractivity contribution in [2.75, 3.05) is 13.2 Å². The second-order valence-electron chi connectivity index (χ2n) is 4.99. The van der Waals surface area contributed by atoms with Crippen LogP contribution in [0.4, 0.5) is 0 Å². The highest BCUT2D eigenvalue weighted by atomic mass is 16.3. The molecule has 16 heavy (non-hydrogen) atoms. The molecule has 1 saturated heterocycles. The van der Waals surface area contributed by atoms with Crippen LogP contribution in [-0.2, 0) is 4.79 Å². The van der Waals surface area contributed by atoms with Crippen molar-refractivity contribution >= 4 is 5.91 Å². The summed E-state index contributed by atoms with van der Waals surface area (Å²) in [7, 11) is 0. The number of rotatable bonds is 3. The first kappa shape index (κ1) is 11.8. The van der Waals surface area contributed by atoms with Gasteiger partial charge in [0.1, 0.15) is 0 Å². The molecule has 5 heteroatoms. The SMILES string of the molecule is O=C(NC1(CO)CCCC1)C1CC(O)CN1. The number of β-amino-alcohol motifs (C(OH)–C–C–N with tert-alkyl or cyclic N) is 1. The molecule has 5 nitrogen and oxygen atoms in total. The van der Waals surface area contributed by atoms with Gasteiger partial charge in [0.25, 0.3) is 0 Å². The molecule has 92 valence electrons. The molecule has 2 fully saturated rings. The molecule has 0 spiro atoms. The molecule has 2 aliphatic rings. The summed E-state index contributed by atoms with van der Waals surface area (Å²) in [6.45, 7) is 0.484. The van der Waals surface area contributed by atoms with Crippen LogP contribution in [0, 0.1) is 0 Å². The number of aliphatic hydroxyl groups excluding tert-OH is 2. The average Bonchev–Trinajstić information content (AvgIpc) is 2.88. The summed E-state index contributed by atoms with van der Waals surface area (Å²) in [5.41, 5.74) is -0.410. The molecule has 0 aromatic carbocycles. The van der Waals surface area contributed by atoms with Gasteiger partial charge in [0.2, 0.25) is 5.91 Å². The van der Waals surface area contributed by atoms with Gasteiger partial charge in [-0.2, -0.15) is 0 Å². The van der Waals surface area contributed by atoms with Crippen molar-refractivity contribution in [3.8, 4) is 0 Å². The Bertz CT molecular complexity index is 264. The van der Waals surface area contributed by atoms with Crippen LogP contribution in [0.5, 0.6) is 0 Å². The normalized spacial score (nSPS) is 32.9. The monoisotopic (exact) mass is 228 g/mol. The lowest BCUT2D eigenvalue weighted by molar-refractivity contribution is -0.125. The van der Waals surface area contributed by atoms with Gasteiger partial charge in [-0.05, 0) is 19.3 Å². The fraction of sp³-hybridized carbons (Fsp3) is 0.909. The molecule has 2 unspecified atom stereocenters. The largest absolute Gasteiger partial charge is 0.394 e. The van der Waals surface area contributed by atoms with Gasteiger partial charge in [-0.3, -0.25) is 4.79 Å². The number of hydrogen-bond acceptors (Lipinski definition) is 4. The molecule has 1 heterocycles. The average molecular weight is 228 g/mol. The first-order valence-corrected chi connectivity index (χ1v) is 5.99. The highest BCUT2D eigenvalue weighted by Gasteiger charge is 2.37. The van der Waals surface area contributed by atoms with E-state index >= 15 is 0 Å². The Morgan fingerprint density at radius 1 is 1.44 bits per heavy atom. The van der Waals surface area contributed by atoms with Crippen molar-refractivity contribution in [3.63, 3.8) is 0 Å². The molecule has 0 bridgehead atoms. The number of hydrogen-bond donors (Lipinski definition) is 4. The zero-order valence-corrected chi connectivity index (χ0v) is 9.41. The van der Waals surface area contributed by atoms with Crippen LogP contribution in [0.3, 0.4) is 0 Å². The van der Waals surface area contributed by atoms with Gasteiger partial charge in [0.05, 0.1) is 24.3 Å². The lowest BCUT2D eigenvalue weighted by Gasteiger charge is -2.29. The van der Waals surface area contributed by atoms with Gasteiger partial charge < -0.3 is 20.8 Å². The molecule has 0 radical (unpaired) electrons. The molecule has 0 aromatic heterocycles. The lowest BCUT2D eigenvalue weighted by Crippen LogP contribution is -2.54. The Balaban J connectivity index is 1.90. The molecule has 1 aliphatic carbocycles. The molecule has 1 aliphatic heterocycles. The fourth-order valence-corrected chi connectivity index (χ4v) is 2.64. The standard InChI is InChI=1S/C11H20N2O3/c14-7-11(3-1-2-4-11)13-10(16)9-5-8(15)6-12-9/h8-9,12,14-15H,1-7H2,(H,13,16). The van der Waals surface area contributed by atoms with Crippen LogP contribution in [0.1, 0.15) is 32.1 Å². The van der Waals surface area contributed by atoms with Crippen molar-refractivity contribution in [2.24, 2.45) is 0 Å². The van der Waals surface area contributed by atoms with Gasteiger partial charge in [0.15, 0.2) is 0 Å². The number of aliphatic hydroxyl groups is 2.